The summed E-state index contributed by atoms with van der Waals surface area (Å²) in [5, 5.41) is 13.7. The number of nitrogens with one attached hydrogen (secondary N) is 1. The molecule has 2 N–H and O–H groups in total. The van der Waals surface area contributed by atoms with Crippen LogP contribution >= 0.6 is 11.8 Å². The van der Waals surface area contributed by atoms with Gasteiger partial charge in [-0.15, -0.1) is 0 Å². The molecule has 7 nitrogen and oxygen atoms in total. The van der Waals surface area contributed by atoms with Gasteiger partial charge in [-0.2, -0.15) is 11.8 Å². The number of furan rings is 1. The van der Waals surface area contributed by atoms with E-state index in [1.54, 1.807) is 19.3 Å². The van der Waals surface area contributed by atoms with Crippen molar-refractivity contribution in [2.75, 3.05) is 5.75 Å². The fourth-order valence-corrected chi connectivity index (χ4v) is 5.53. The first-order chi connectivity index (χ1) is 18.8. The van der Waals surface area contributed by atoms with Crippen LogP contribution in [0.1, 0.15) is 22.3 Å². The summed E-state index contributed by atoms with van der Waals surface area (Å²) in [4.78, 5) is 37.5. The van der Waals surface area contributed by atoms with Crippen LogP contribution in [0.15, 0.2) is 86.6 Å². The van der Waals surface area contributed by atoms with Crippen molar-refractivity contribution in [2.24, 2.45) is 0 Å². The largest absolute Gasteiger partial charge is 0.480 e. The average Bonchev–Trinajstić information content (AvgIpc) is 3.33. The predicted molar refractivity (Wildman–Crippen MR) is 153 cm³/mol. The second-order valence-corrected chi connectivity index (χ2v) is 10.5. The Morgan fingerprint density at radius 2 is 1.72 bits per heavy atom. The van der Waals surface area contributed by atoms with E-state index in [4.69, 9.17) is 8.83 Å². The Morgan fingerprint density at radius 1 is 0.974 bits per heavy atom. The summed E-state index contributed by atoms with van der Waals surface area (Å²) in [7, 11) is 0. The third-order valence-corrected chi connectivity index (χ3v) is 7.82. The van der Waals surface area contributed by atoms with Crippen LogP contribution < -0.4 is 10.9 Å². The highest BCUT2D eigenvalue weighted by Crippen LogP contribution is 2.34. The smallest absolute Gasteiger partial charge is 0.340 e. The number of aliphatic carboxylic acids is 1. The summed E-state index contributed by atoms with van der Waals surface area (Å²) in [6, 6.07) is 20.3. The molecule has 1 atom stereocenters. The minimum atomic E-state index is -1.13. The van der Waals surface area contributed by atoms with Crippen molar-refractivity contribution in [3.05, 3.63) is 106 Å². The van der Waals surface area contributed by atoms with E-state index in [1.165, 1.54) is 11.8 Å². The fourth-order valence-electron chi connectivity index (χ4n) is 4.52. The SMILES string of the molecule is Cc1ccc(-c2coc3cc4oc(=O)c(CC(=O)N[C@@H](CSCc5ccccc5)C(=O)O)c(C)c4cc23)cc1. The molecule has 0 unspecified atom stereocenters. The van der Waals surface area contributed by atoms with Crippen LogP contribution in [0, 0.1) is 13.8 Å². The Labute approximate surface area is 228 Å². The molecule has 2 heterocycles. The zero-order valence-electron chi connectivity index (χ0n) is 21.5. The number of thioether (sulfide) groups is 1. The van der Waals surface area contributed by atoms with Crippen molar-refractivity contribution >= 4 is 45.6 Å². The van der Waals surface area contributed by atoms with Crippen LogP contribution in [0.2, 0.25) is 0 Å². The van der Waals surface area contributed by atoms with E-state index in [0.717, 1.165) is 27.6 Å². The van der Waals surface area contributed by atoms with Crippen molar-refractivity contribution in [2.45, 2.75) is 32.1 Å². The van der Waals surface area contributed by atoms with Gasteiger partial charge in [0.05, 0.1) is 18.2 Å². The number of benzene rings is 3. The number of hydrogen-bond acceptors (Lipinski definition) is 6. The number of aryl methyl sites for hydroxylation is 2. The van der Waals surface area contributed by atoms with Gasteiger partial charge < -0.3 is 19.3 Å². The number of amides is 1. The number of hydrogen-bond donors (Lipinski definition) is 2. The van der Waals surface area contributed by atoms with Gasteiger partial charge in [-0.25, -0.2) is 9.59 Å². The molecule has 0 saturated heterocycles. The summed E-state index contributed by atoms with van der Waals surface area (Å²) in [6.07, 6.45) is 1.39. The highest BCUT2D eigenvalue weighted by molar-refractivity contribution is 7.98. The lowest BCUT2D eigenvalue weighted by Crippen LogP contribution is -2.43. The van der Waals surface area contributed by atoms with E-state index in [1.807, 2.05) is 67.6 Å². The normalized spacial score (nSPS) is 12.1. The summed E-state index contributed by atoms with van der Waals surface area (Å²) in [6.45, 7) is 3.79. The van der Waals surface area contributed by atoms with Crippen molar-refractivity contribution in [1.82, 2.24) is 5.32 Å². The van der Waals surface area contributed by atoms with Gasteiger partial charge >= 0.3 is 11.6 Å². The number of carbonyl (C=O) groups excluding carboxylic acids is 1. The van der Waals surface area contributed by atoms with Crippen molar-refractivity contribution in [3.63, 3.8) is 0 Å². The molecule has 1 amide bonds. The van der Waals surface area contributed by atoms with E-state index in [9.17, 15) is 19.5 Å². The minimum absolute atomic E-state index is 0.195. The van der Waals surface area contributed by atoms with E-state index in [-0.39, 0.29) is 17.7 Å². The van der Waals surface area contributed by atoms with Gasteiger partial charge in [-0.3, -0.25) is 4.79 Å². The maximum absolute atomic E-state index is 12.9. The van der Waals surface area contributed by atoms with Crippen LogP contribution in [-0.4, -0.2) is 28.8 Å². The van der Waals surface area contributed by atoms with Gasteiger partial charge in [0.1, 0.15) is 17.2 Å². The predicted octanol–water partition coefficient (Wildman–Crippen LogP) is 5.87. The molecule has 0 spiro atoms. The fraction of sp³-hybridized carbons (Fsp3) is 0.194. The maximum Gasteiger partial charge on any atom is 0.340 e. The van der Waals surface area contributed by atoms with Crippen molar-refractivity contribution in [3.8, 4) is 11.1 Å². The van der Waals surface area contributed by atoms with Gasteiger partial charge in [-0.1, -0.05) is 60.2 Å². The van der Waals surface area contributed by atoms with Crippen LogP contribution in [0.3, 0.4) is 0 Å². The molecule has 39 heavy (non-hydrogen) atoms. The monoisotopic (exact) mass is 541 g/mol. The highest BCUT2D eigenvalue weighted by Gasteiger charge is 2.23. The Kier molecular flexibility index (Phi) is 7.56. The zero-order chi connectivity index (χ0) is 27.5. The number of carboxylic acids is 1. The average molecular weight is 542 g/mol. The van der Waals surface area contributed by atoms with Gasteiger partial charge in [0.2, 0.25) is 5.91 Å². The van der Waals surface area contributed by atoms with E-state index in [2.05, 4.69) is 5.32 Å². The first-order valence-electron chi connectivity index (χ1n) is 12.5. The Balaban J connectivity index is 1.37. The van der Waals surface area contributed by atoms with Crippen LogP contribution in [0.25, 0.3) is 33.1 Å². The summed E-state index contributed by atoms with van der Waals surface area (Å²) >= 11 is 1.42. The van der Waals surface area contributed by atoms with Crippen LogP contribution in [0.5, 0.6) is 0 Å². The molecule has 0 saturated carbocycles. The molecule has 5 rings (SSSR count). The Bertz CT molecular complexity index is 1720. The van der Waals surface area contributed by atoms with E-state index < -0.39 is 23.5 Å². The van der Waals surface area contributed by atoms with Gasteiger partial charge in [0.15, 0.2) is 0 Å². The lowest BCUT2D eigenvalue weighted by atomic mass is 9.99. The summed E-state index contributed by atoms with van der Waals surface area (Å²) in [5.74, 6) is -0.859. The van der Waals surface area contributed by atoms with Gasteiger partial charge in [-0.05, 0) is 36.6 Å². The van der Waals surface area contributed by atoms with E-state index >= 15 is 0 Å². The first kappa shape index (κ1) is 26.3. The molecule has 3 aromatic carbocycles. The first-order valence-corrected chi connectivity index (χ1v) is 13.6. The lowest BCUT2D eigenvalue weighted by Gasteiger charge is -2.15. The molecule has 0 bridgehead atoms. The topological polar surface area (TPSA) is 110 Å². The zero-order valence-corrected chi connectivity index (χ0v) is 22.3. The molecule has 0 radical (unpaired) electrons. The van der Waals surface area contributed by atoms with Crippen molar-refractivity contribution in [1.29, 1.82) is 0 Å². The quantitative estimate of drug-likeness (QED) is 0.225. The maximum atomic E-state index is 12.9. The van der Waals surface area contributed by atoms with E-state index in [0.29, 0.717) is 27.9 Å². The Hall–Kier alpha value is -4.30. The second-order valence-electron chi connectivity index (χ2n) is 9.49. The molecule has 0 aliphatic rings. The molecular weight excluding hydrogens is 514 g/mol. The number of fused-ring (bicyclic) bond motifs is 2. The molecular formula is C31H27NO6S. The molecule has 8 heteroatoms. The minimum Gasteiger partial charge on any atom is -0.480 e. The van der Waals surface area contributed by atoms with Crippen molar-refractivity contribution < 1.29 is 23.5 Å². The Morgan fingerprint density at radius 3 is 2.44 bits per heavy atom. The van der Waals surface area contributed by atoms with Crippen LogP contribution in [0.4, 0.5) is 0 Å². The molecule has 5 aromatic rings. The van der Waals surface area contributed by atoms with Crippen LogP contribution in [-0.2, 0) is 21.8 Å². The van der Waals surface area contributed by atoms with Gasteiger partial charge in [0, 0.05) is 33.9 Å². The second kappa shape index (κ2) is 11.2. The number of rotatable bonds is 9. The van der Waals surface area contributed by atoms with Gasteiger partial charge in [0.25, 0.3) is 0 Å². The lowest BCUT2D eigenvalue weighted by molar-refractivity contribution is -0.141. The summed E-state index contributed by atoms with van der Waals surface area (Å²) < 4.78 is 11.3. The highest BCUT2D eigenvalue weighted by atomic mass is 32.2. The molecule has 0 aliphatic carbocycles. The number of carbonyl (C=O) groups is 2. The molecule has 0 aliphatic heterocycles. The third kappa shape index (κ3) is 5.76. The summed E-state index contributed by atoms with van der Waals surface area (Å²) in [5.41, 5.74) is 5.25. The number of carboxylic acid groups (broad SMARTS) is 1. The molecule has 198 valence electrons. The molecule has 2 aromatic heterocycles. The standard InChI is InChI=1S/C31H27NO6S/c1-18-8-10-21(11-9-18)25-15-37-27-14-28-22(12-24(25)27)19(2)23(31(36)38-28)13-29(33)32-26(30(34)35)17-39-16-20-6-4-3-5-7-20/h3-12,14-15,26H,13,16-17H2,1-2H3,(H,32,33)(H,34,35)/t26-/m0/s1. The molecule has 0 fully saturated rings. The third-order valence-electron chi connectivity index (χ3n) is 6.71.